The highest BCUT2D eigenvalue weighted by Gasteiger charge is 2.15. The highest BCUT2D eigenvalue weighted by molar-refractivity contribution is 5.84. The maximum atomic E-state index is 12.7. The van der Waals surface area contributed by atoms with Crippen LogP contribution in [0.2, 0.25) is 0 Å². The van der Waals surface area contributed by atoms with Gasteiger partial charge >= 0.3 is 0 Å². The lowest BCUT2D eigenvalue weighted by Crippen LogP contribution is -2.14. The Morgan fingerprint density at radius 1 is 0.964 bits per heavy atom. The van der Waals surface area contributed by atoms with Crippen LogP contribution in [0.1, 0.15) is 13.8 Å². The highest BCUT2D eigenvalue weighted by Crippen LogP contribution is 2.26. The van der Waals surface area contributed by atoms with Crippen molar-refractivity contribution in [2.45, 2.75) is 26.9 Å². The first-order valence-electron chi connectivity index (χ1n) is 9.28. The van der Waals surface area contributed by atoms with Crippen molar-refractivity contribution in [2.24, 2.45) is 0 Å². The van der Waals surface area contributed by atoms with Gasteiger partial charge in [0.2, 0.25) is 0 Å². The van der Waals surface area contributed by atoms with E-state index in [2.05, 4.69) is 27.2 Å². The zero-order valence-electron chi connectivity index (χ0n) is 15.6. The van der Waals surface area contributed by atoms with E-state index in [0.717, 1.165) is 46.5 Å². The number of nitrogens with zero attached hydrogens (tertiary/aromatic N) is 6. The number of aromatic nitrogens is 7. The molecule has 8 heteroatoms. The molecule has 0 saturated carbocycles. The molecule has 1 N–H and O–H groups in total. The smallest absolute Gasteiger partial charge is 0.274 e. The van der Waals surface area contributed by atoms with E-state index in [9.17, 15) is 4.79 Å². The van der Waals surface area contributed by atoms with Gasteiger partial charge in [0.15, 0.2) is 0 Å². The molecule has 28 heavy (non-hydrogen) atoms. The number of aryl methyl sites for hydroxylation is 2. The summed E-state index contributed by atoms with van der Waals surface area (Å²) >= 11 is 0. The second-order valence-electron chi connectivity index (χ2n) is 6.61. The minimum Gasteiger partial charge on any atom is -0.339 e. The van der Waals surface area contributed by atoms with Crippen molar-refractivity contribution in [1.82, 2.24) is 34.2 Å². The van der Waals surface area contributed by atoms with Crippen molar-refractivity contribution in [3.63, 3.8) is 0 Å². The van der Waals surface area contributed by atoms with Gasteiger partial charge in [-0.25, -0.2) is 0 Å². The summed E-state index contributed by atoms with van der Waals surface area (Å²) in [7, 11) is 0. The molecule has 0 amide bonds. The van der Waals surface area contributed by atoms with E-state index in [1.807, 2.05) is 46.7 Å². The van der Waals surface area contributed by atoms with E-state index in [1.165, 1.54) is 4.52 Å². The van der Waals surface area contributed by atoms with Crippen molar-refractivity contribution >= 4 is 16.6 Å². The average molecular weight is 373 g/mol. The SMILES string of the molecule is CCn1nccc1-c1cnn2c(=O)cc(-c3ccc4c(cnn4CC)c3)[nH]c12. The monoisotopic (exact) mass is 373 g/mol. The van der Waals surface area contributed by atoms with Gasteiger partial charge in [0.25, 0.3) is 5.56 Å². The van der Waals surface area contributed by atoms with Gasteiger partial charge in [0, 0.05) is 30.7 Å². The van der Waals surface area contributed by atoms with E-state index >= 15 is 0 Å². The average Bonchev–Trinajstić information content (AvgIpc) is 3.44. The Kier molecular flexibility index (Phi) is 3.65. The van der Waals surface area contributed by atoms with Crippen LogP contribution in [0.25, 0.3) is 39.1 Å². The third kappa shape index (κ3) is 2.38. The molecule has 0 bridgehead atoms. The highest BCUT2D eigenvalue weighted by atomic mass is 16.1. The quantitative estimate of drug-likeness (QED) is 0.525. The first-order valence-corrected chi connectivity index (χ1v) is 9.28. The summed E-state index contributed by atoms with van der Waals surface area (Å²) in [6.45, 7) is 5.65. The molecule has 1 aromatic carbocycles. The lowest BCUT2D eigenvalue weighted by molar-refractivity contribution is 0.667. The van der Waals surface area contributed by atoms with Crippen LogP contribution < -0.4 is 5.56 Å². The Balaban J connectivity index is 1.71. The van der Waals surface area contributed by atoms with Gasteiger partial charge in [-0.3, -0.25) is 14.2 Å². The second kappa shape index (κ2) is 6.19. The van der Waals surface area contributed by atoms with E-state index in [-0.39, 0.29) is 5.56 Å². The molecule has 0 radical (unpaired) electrons. The molecular formula is C20H19N7O. The van der Waals surface area contributed by atoms with Crippen molar-refractivity contribution in [1.29, 1.82) is 0 Å². The van der Waals surface area contributed by atoms with Crippen molar-refractivity contribution in [2.75, 3.05) is 0 Å². The van der Waals surface area contributed by atoms with Crippen LogP contribution in [0.5, 0.6) is 0 Å². The van der Waals surface area contributed by atoms with Gasteiger partial charge in [-0.2, -0.15) is 19.8 Å². The topological polar surface area (TPSA) is 85.8 Å². The standard InChI is InChI=1S/C20H19N7O/c1-3-25-17-6-5-13(9-14(17)11-22-25)16-10-19(28)27-20(24-16)15(12-23-27)18-7-8-21-26(18)4-2/h5-12,24H,3-4H2,1-2H3. The molecule has 0 unspecified atom stereocenters. The summed E-state index contributed by atoms with van der Waals surface area (Å²) in [5.41, 5.74) is 4.99. The number of fused-ring (bicyclic) bond motifs is 2. The summed E-state index contributed by atoms with van der Waals surface area (Å²) in [5, 5.41) is 14.0. The Morgan fingerprint density at radius 3 is 2.64 bits per heavy atom. The zero-order valence-corrected chi connectivity index (χ0v) is 15.6. The molecule has 140 valence electrons. The van der Waals surface area contributed by atoms with Crippen LogP contribution in [0, 0.1) is 0 Å². The van der Waals surface area contributed by atoms with Crippen molar-refractivity contribution < 1.29 is 0 Å². The Bertz CT molecular complexity index is 1370. The van der Waals surface area contributed by atoms with Gasteiger partial charge in [-0.05, 0) is 37.6 Å². The van der Waals surface area contributed by atoms with Crippen molar-refractivity contribution in [3.8, 4) is 22.5 Å². The third-order valence-corrected chi connectivity index (χ3v) is 5.04. The molecule has 5 rings (SSSR count). The number of nitrogens with one attached hydrogen (secondary N) is 1. The fraction of sp³-hybridized carbons (Fsp3) is 0.200. The zero-order chi connectivity index (χ0) is 19.3. The molecule has 8 nitrogen and oxygen atoms in total. The normalized spacial score (nSPS) is 11.6. The Hall–Kier alpha value is -3.68. The molecule has 0 atom stereocenters. The fourth-order valence-corrected chi connectivity index (χ4v) is 3.65. The van der Waals surface area contributed by atoms with Gasteiger partial charge in [-0.1, -0.05) is 6.07 Å². The minimum atomic E-state index is -0.179. The number of rotatable bonds is 4. The number of hydrogen-bond donors (Lipinski definition) is 1. The van der Waals surface area contributed by atoms with E-state index in [1.54, 1.807) is 18.5 Å². The van der Waals surface area contributed by atoms with Crippen LogP contribution >= 0.6 is 0 Å². The van der Waals surface area contributed by atoms with Crippen LogP contribution in [-0.4, -0.2) is 34.2 Å². The number of H-pyrrole nitrogens is 1. The second-order valence-corrected chi connectivity index (χ2v) is 6.61. The van der Waals surface area contributed by atoms with Crippen LogP contribution in [0.4, 0.5) is 0 Å². The predicted molar refractivity (Wildman–Crippen MR) is 107 cm³/mol. The molecule has 5 aromatic rings. The number of aromatic amines is 1. The molecule has 0 fully saturated rings. The van der Waals surface area contributed by atoms with E-state index in [4.69, 9.17) is 0 Å². The first kappa shape index (κ1) is 16.5. The molecule has 0 aliphatic rings. The number of hydrogen-bond acceptors (Lipinski definition) is 4. The summed E-state index contributed by atoms with van der Waals surface area (Å²) < 4.78 is 5.22. The maximum Gasteiger partial charge on any atom is 0.274 e. The summed E-state index contributed by atoms with van der Waals surface area (Å²) in [6, 6.07) is 9.59. The summed E-state index contributed by atoms with van der Waals surface area (Å²) in [5.74, 6) is 0. The Labute approximate surface area is 160 Å². The number of benzene rings is 1. The van der Waals surface area contributed by atoms with Crippen LogP contribution in [0.3, 0.4) is 0 Å². The van der Waals surface area contributed by atoms with Crippen LogP contribution in [0.15, 0.2) is 53.7 Å². The van der Waals surface area contributed by atoms with Gasteiger partial charge < -0.3 is 4.98 Å². The molecule has 0 saturated heterocycles. The van der Waals surface area contributed by atoms with Crippen LogP contribution in [-0.2, 0) is 13.1 Å². The summed E-state index contributed by atoms with van der Waals surface area (Å²) in [6.07, 6.45) is 5.31. The lowest BCUT2D eigenvalue weighted by atomic mass is 10.1. The van der Waals surface area contributed by atoms with Crippen molar-refractivity contribution in [3.05, 3.63) is 59.3 Å². The lowest BCUT2D eigenvalue weighted by Gasteiger charge is -2.06. The van der Waals surface area contributed by atoms with Gasteiger partial charge in [0.05, 0.1) is 34.9 Å². The molecule has 4 heterocycles. The van der Waals surface area contributed by atoms with Gasteiger partial charge in [0.1, 0.15) is 5.65 Å². The fourth-order valence-electron chi connectivity index (χ4n) is 3.65. The Morgan fingerprint density at radius 2 is 1.82 bits per heavy atom. The minimum absolute atomic E-state index is 0.179. The maximum absolute atomic E-state index is 12.7. The largest absolute Gasteiger partial charge is 0.339 e. The summed E-state index contributed by atoms with van der Waals surface area (Å²) in [4.78, 5) is 16.1. The molecule has 4 aromatic heterocycles. The third-order valence-electron chi connectivity index (χ3n) is 5.04. The molecule has 0 aliphatic carbocycles. The van der Waals surface area contributed by atoms with E-state index < -0.39 is 0 Å². The molecule has 0 spiro atoms. The van der Waals surface area contributed by atoms with E-state index in [0.29, 0.717) is 5.65 Å². The molecule has 0 aliphatic heterocycles. The first-order chi connectivity index (χ1) is 13.7. The van der Waals surface area contributed by atoms with Gasteiger partial charge in [-0.15, -0.1) is 0 Å². The predicted octanol–water partition coefficient (Wildman–Crippen LogP) is 2.94. The molecular weight excluding hydrogens is 354 g/mol.